The zero-order valence-corrected chi connectivity index (χ0v) is 8.94. The first-order chi connectivity index (χ1) is 7.50. The smallest absolute Gasteiger partial charge is 0.326 e. The van der Waals surface area contributed by atoms with Crippen molar-refractivity contribution in [2.45, 2.75) is 38.1 Å². The summed E-state index contributed by atoms with van der Waals surface area (Å²) in [6, 6.07) is -1.20. The third-order valence-corrected chi connectivity index (χ3v) is 2.75. The average molecular weight is 228 g/mol. The molecule has 4 N–H and O–H groups in total. The Labute approximate surface area is 93.2 Å². The molecule has 0 aromatic carbocycles. The molecular formula is C10H16N2O4. The molecule has 0 spiro atoms. The molecule has 90 valence electrons. The first kappa shape index (κ1) is 12.5. The van der Waals surface area contributed by atoms with E-state index in [1.807, 2.05) is 0 Å². The summed E-state index contributed by atoms with van der Waals surface area (Å²) in [6.07, 6.45) is 3.19. The van der Waals surface area contributed by atoms with Gasteiger partial charge in [-0.15, -0.1) is 0 Å². The first-order valence-corrected chi connectivity index (χ1v) is 5.32. The molecule has 0 radical (unpaired) electrons. The van der Waals surface area contributed by atoms with Crippen LogP contribution >= 0.6 is 0 Å². The number of primary amides is 1. The molecule has 0 aliphatic heterocycles. The predicted octanol–water partition coefficient (Wildman–Crippen LogP) is -0.379. The van der Waals surface area contributed by atoms with E-state index in [0.717, 1.165) is 25.7 Å². The van der Waals surface area contributed by atoms with E-state index in [9.17, 15) is 14.4 Å². The van der Waals surface area contributed by atoms with Gasteiger partial charge >= 0.3 is 5.97 Å². The van der Waals surface area contributed by atoms with Gasteiger partial charge in [0.05, 0.1) is 6.42 Å². The Bertz CT molecular complexity index is 297. The van der Waals surface area contributed by atoms with Crippen LogP contribution in [0.5, 0.6) is 0 Å². The summed E-state index contributed by atoms with van der Waals surface area (Å²) in [6.45, 7) is 0. The molecule has 2 amide bonds. The maximum Gasteiger partial charge on any atom is 0.326 e. The number of carboxylic acids is 1. The first-order valence-electron chi connectivity index (χ1n) is 5.32. The standard InChI is InChI=1S/C10H16N2O4/c11-8(13)5-7(10(15)16)12-9(14)6-3-1-2-4-6/h6-7H,1-5H2,(H2,11,13)(H,12,14)(H,15,16). The molecule has 0 bridgehead atoms. The molecule has 6 nitrogen and oxygen atoms in total. The van der Waals surface area contributed by atoms with E-state index in [1.54, 1.807) is 0 Å². The van der Waals surface area contributed by atoms with Gasteiger partial charge in [-0.1, -0.05) is 12.8 Å². The van der Waals surface area contributed by atoms with E-state index in [0.29, 0.717) is 0 Å². The summed E-state index contributed by atoms with van der Waals surface area (Å²) in [5.74, 6) is -2.37. The van der Waals surface area contributed by atoms with Crippen molar-refractivity contribution in [3.05, 3.63) is 0 Å². The zero-order valence-electron chi connectivity index (χ0n) is 8.94. The maximum absolute atomic E-state index is 11.6. The maximum atomic E-state index is 11.6. The number of hydrogen-bond donors (Lipinski definition) is 3. The Morgan fingerprint density at radius 1 is 1.31 bits per heavy atom. The molecule has 16 heavy (non-hydrogen) atoms. The molecule has 1 rings (SSSR count). The van der Waals surface area contributed by atoms with Crippen molar-refractivity contribution in [3.63, 3.8) is 0 Å². The van der Waals surface area contributed by atoms with E-state index in [4.69, 9.17) is 10.8 Å². The molecule has 1 aliphatic rings. The lowest BCUT2D eigenvalue weighted by Crippen LogP contribution is -2.45. The lowest BCUT2D eigenvalue weighted by molar-refractivity contribution is -0.143. The second-order valence-electron chi connectivity index (χ2n) is 4.05. The number of nitrogens with two attached hydrogens (primary N) is 1. The lowest BCUT2D eigenvalue weighted by atomic mass is 10.1. The highest BCUT2D eigenvalue weighted by atomic mass is 16.4. The third kappa shape index (κ3) is 3.52. The van der Waals surface area contributed by atoms with Crippen LogP contribution in [0.2, 0.25) is 0 Å². The van der Waals surface area contributed by atoms with E-state index in [1.165, 1.54) is 0 Å². The number of carboxylic acid groups (broad SMARTS) is 1. The van der Waals surface area contributed by atoms with E-state index < -0.39 is 17.9 Å². The fraction of sp³-hybridized carbons (Fsp3) is 0.700. The van der Waals surface area contributed by atoms with E-state index in [-0.39, 0.29) is 18.2 Å². The minimum Gasteiger partial charge on any atom is -0.480 e. The number of rotatable bonds is 5. The highest BCUT2D eigenvalue weighted by molar-refractivity contribution is 5.88. The monoisotopic (exact) mass is 228 g/mol. The Kier molecular flexibility index (Phi) is 4.28. The number of hydrogen-bond acceptors (Lipinski definition) is 3. The largest absolute Gasteiger partial charge is 0.480 e. The summed E-state index contributed by atoms with van der Waals surface area (Å²) in [4.78, 5) is 33.0. The fourth-order valence-corrected chi connectivity index (χ4v) is 1.88. The van der Waals surface area contributed by atoms with Crippen LogP contribution in [-0.2, 0) is 14.4 Å². The second kappa shape index (κ2) is 5.48. The molecule has 0 heterocycles. The van der Waals surface area contributed by atoms with Crippen molar-refractivity contribution in [2.75, 3.05) is 0 Å². The van der Waals surface area contributed by atoms with Gasteiger partial charge in [-0.2, -0.15) is 0 Å². The van der Waals surface area contributed by atoms with Crippen LogP contribution < -0.4 is 11.1 Å². The van der Waals surface area contributed by atoms with Crippen molar-refractivity contribution in [1.82, 2.24) is 5.32 Å². The number of nitrogens with one attached hydrogen (secondary N) is 1. The number of carbonyl (C=O) groups is 3. The average Bonchev–Trinajstić information content (AvgIpc) is 2.68. The van der Waals surface area contributed by atoms with Gasteiger partial charge < -0.3 is 16.2 Å². The van der Waals surface area contributed by atoms with E-state index in [2.05, 4.69) is 5.32 Å². The number of carbonyl (C=O) groups excluding carboxylic acids is 2. The SMILES string of the molecule is NC(=O)CC(NC(=O)C1CCCC1)C(=O)O. The summed E-state index contributed by atoms with van der Waals surface area (Å²) >= 11 is 0. The lowest BCUT2D eigenvalue weighted by Gasteiger charge is -2.15. The van der Waals surface area contributed by atoms with Gasteiger partial charge in [0, 0.05) is 5.92 Å². The molecule has 1 aliphatic carbocycles. The predicted molar refractivity (Wildman–Crippen MR) is 55.3 cm³/mol. The van der Waals surface area contributed by atoms with E-state index >= 15 is 0 Å². The van der Waals surface area contributed by atoms with Gasteiger partial charge in [0.1, 0.15) is 6.04 Å². The Hall–Kier alpha value is -1.59. The molecule has 0 aromatic heterocycles. The molecule has 1 saturated carbocycles. The fourth-order valence-electron chi connectivity index (χ4n) is 1.88. The molecular weight excluding hydrogens is 212 g/mol. The van der Waals surface area contributed by atoms with Crippen LogP contribution in [0, 0.1) is 5.92 Å². The Morgan fingerprint density at radius 2 is 1.88 bits per heavy atom. The molecule has 1 fully saturated rings. The van der Waals surface area contributed by atoms with Crippen molar-refractivity contribution in [1.29, 1.82) is 0 Å². The topological polar surface area (TPSA) is 109 Å². The van der Waals surface area contributed by atoms with Crippen molar-refractivity contribution in [3.8, 4) is 0 Å². The summed E-state index contributed by atoms with van der Waals surface area (Å²) in [7, 11) is 0. The highest BCUT2D eigenvalue weighted by Gasteiger charge is 2.28. The number of amides is 2. The summed E-state index contributed by atoms with van der Waals surface area (Å²) in [5.41, 5.74) is 4.91. The van der Waals surface area contributed by atoms with Crippen LogP contribution in [0.4, 0.5) is 0 Å². The van der Waals surface area contributed by atoms with Gasteiger partial charge in [0.2, 0.25) is 11.8 Å². The molecule has 0 saturated heterocycles. The minimum atomic E-state index is -1.23. The van der Waals surface area contributed by atoms with Gasteiger partial charge in [0.25, 0.3) is 0 Å². The molecule has 6 heteroatoms. The van der Waals surface area contributed by atoms with Crippen molar-refractivity contribution in [2.24, 2.45) is 11.7 Å². The highest BCUT2D eigenvalue weighted by Crippen LogP contribution is 2.24. The summed E-state index contributed by atoms with van der Waals surface area (Å²) < 4.78 is 0. The molecule has 0 aromatic rings. The van der Waals surface area contributed by atoms with Crippen molar-refractivity contribution >= 4 is 17.8 Å². The van der Waals surface area contributed by atoms with Crippen LogP contribution in [0.1, 0.15) is 32.1 Å². The second-order valence-corrected chi connectivity index (χ2v) is 4.05. The van der Waals surface area contributed by atoms with Crippen LogP contribution in [0.25, 0.3) is 0 Å². The Morgan fingerprint density at radius 3 is 2.31 bits per heavy atom. The molecule has 1 unspecified atom stereocenters. The van der Waals surface area contributed by atoms with Gasteiger partial charge in [-0.25, -0.2) is 4.79 Å². The molecule has 1 atom stereocenters. The van der Waals surface area contributed by atoms with Gasteiger partial charge in [-0.05, 0) is 12.8 Å². The number of aliphatic carboxylic acids is 1. The van der Waals surface area contributed by atoms with Crippen LogP contribution in [-0.4, -0.2) is 28.9 Å². The Balaban J connectivity index is 2.50. The minimum absolute atomic E-state index is 0.116. The zero-order chi connectivity index (χ0) is 12.1. The summed E-state index contributed by atoms with van der Waals surface area (Å²) in [5, 5.41) is 11.1. The normalized spacial score (nSPS) is 18.0. The van der Waals surface area contributed by atoms with Gasteiger partial charge in [0.15, 0.2) is 0 Å². The van der Waals surface area contributed by atoms with Crippen LogP contribution in [0.15, 0.2) is 0 Å². The third-order valence-electron chi connectivity index (χ3n) is 2.75. The van der Waals surface area contributed by atoms with Crippen molar-refractivity contribution < 1.29 is 19.5 Å². The van der Waals surface area contributed by atoms with Crippen LogP contribution in [0.3, 0.4) is 0 Å². The quantitative estimate of drug-likeness (QED) is 0.595. The van der Waals surface area contributed by atoms with Gasteiger partial charge in [-0.3, -0.25) is 9.59 Å².